The molecule has 0 aliphatic carbocycles. The van der Waals surface area contributed by atoms with Gasteiger partial charge in [0.1, 0.15) is 16.7 Å². The minimum absolute atomic E-state index is 0.871. The Morgan fingerprint density at radius 2 is 1.13 bits per heavy atom. The number of hydrogen-bond donors (Lipinski definition) is 0. The first-order chi connectivity index (χ1) is 18.8. The molecule has 0 bridgehead atoms. The van der Waals surface area contributed by atoms with E-state index in [0.29, 0.717) is 0 Å². The summed E-state index contributed by atoms with van der Waals surface area (Å²) >= 11 is 0. The lowest BCUT2D eigenvalue weighted by Gasteiger charge is -2.06. The van der Waals surface area contributed by atoms with Gasteiger partial charge in [-0.25, -0.2) is 14.4 Å². The second-order valence-electron chi connectivity index (χ2n) is 9.95. The molecule has 0 aliphatic heterocycles. The number of para-hydroxylation sites is 6. The maximum atomic E-state index is 6.44. The monoisotopic (exact) mass is 487 g/mol. The fourth-order valence-corrected chi connectivity index (χ4v) is 6.40. The third-order valence-electron chi connectivity index (χ3n) is 7.98. The lowest BCUT2D eigenvalue weighted by Crippen LogP contribution is -1.88. The molecule has 0 radical (unpaired) electrons. The van der Waals surface area contributed by atoms with Gasteiger partial charge in [-0.2, -0.15) is 0 Å². The summed E-state index contributed by atoms with van der Waals surface area (Å²) in [5.41, 5.74) is 11.4. The third-order valence-corrected chi connectivity index (χ3v) is 7.98. The highest BCUT2D eigenvalue weighted by atomic mass is 16.3. The van der Waals surface area contributed by atoms with Gasteiger partial charge in [-0.05, 0) is 48.0 Å². The fourth-order valence-electron chi connectivity index (χ4n) is 6.40. The number of imidazole rings is 4. The topological polar surface area (TPSA) is 52.2 Å². The Morgan fingerprint density at radius 3 is 1.84 bits per heavy atom. The molecular weight excluding hydrogens is 470 g/mol. The number of rotatable bonds is 1. The maximum absolute atomic E-state index is 6.44. The van der Waals surface area contributed by atoms with Crippen LogP contribution in [0.25, 0.3) is 83.2 Å². The van der Waals surface area contributed by atoms with Gasteiger partial charge in [0.15, 0.2) is 0 Å². The molecule has 5 heterocycles. The van der Waals surface area contributed by atoms with E-state index in [1.807, 2.05) is 24.3 Å². The predicted molar refractivity (Wildman–Crippen MR) is 151 cm³/mol. The van der Waals surface area contributed by atoms with Crippen LogP contribution in [0.4, 0.5) is 0 Å². The van der Waals surface area contributed by atoms with E-state index in [2.05, 4.69) is 92.1 Å². The molecule has 5 aromatic carbocycles. The summed E-state index contributed by atoms with van der Waals surface area (Å²) in [6.45, 7) is 0. The van der Waals surface area contributed by atoms with Crippen LogP contribution < -0.4 is 0 Å². The first kappa shape index (κ1) is 18.8. The van der Waals surface area contributed by atoms with Crippen LogP contribution in [-0.2, 0) is 0 Å². The van der Waals surface area contributed by atoms with Gasteiger partial charge in [0.25, 0.3) is 0 Å². The molecular formula is C32H17N5O. The molecule has 0 unspecified atom stereocenters. The molecule has 5 aromatic heterocycles. The van der Waals surface area contributed by atoms with Crippen molar-refractivity contribution < 1.29 is 4.42 Å². The highest BCUT2D eigenvalue weighted by Crippen LogP contribution is 2.40. The van der Waals surface area contributed by atoms with Crippen molar-refractivity contribution >= 4 is 72.1 Å². The summed E-state index contributed by atoms with van der Waals surface area (Å²) in [6, 6.07) is 35.8. The summed E-state index contributed by atoms with van der Waals surface area (Å²) in [5.74, 6) is 1.74. The molecule has 0 N–H and O–H groups in total. The van der Waals surface area contributed by atoms with Gasteiger partial charge in [-0.3, -0.25) is 8.80 Å². The van der Waals surface area contributed by atoms with Crippen molar-refractivity contribution in [1.82, 2.24) is 23.2 Å². The number of fused-ring (bicyclic) bond motifs is 13. The quantitative estimate of drug-likeness (QED) is 0.238. The van der Waals surface area contributed by atoms with Crippen LogP contribution in [0.15, 0.2) is 108 Å². The molecule has 0 fully saturated rings. The number of nitrogens with zero attached hydrogens (tertiary/aromatic N) is 5. The summed E-state index contributed by atoms with van der Waals surface area (Å²) in [5, 5.41) is 2.26. The third kappa shape index (κ3) is 2.08. The van der Waals surface area contributed by atoms with Gasteiger partial charge in [0.2, 0.25) is 11.6 Å². The van der Waals surface area contributed by atoms with Crippen molar-refractivity contribution in [3.8, 4) is 11.1 Å². The minimum Gasteiger partial charge on any atom is -0.455 e. The Hall–Kier alpha value is -5.36. The van der Waals surface area contributed by atoms with Crippen LogP contribution in [0.1, 0.15) is 0 Å². The predicted octanol–water partition coefficient (Wildman–Crippen LogP) is 7.70. The molecule has 0 aliphatic rings. The molecule has 0 spiro atoms. The molecule has 0 saturated carbocycles. The van der Waals surface area contributed by atoms with E-state index in [4.69, 9.17) is 14.4 Å². The zero-order valence-corrected chi connectivity index (χ0v) is 20.0. The van der Waals surface area contributed by atoms with Gasteiger partial charge in [-0.15, -0.1) is 0 Å². The minimum atomic E-state index is 0.871. The number of hydrogen-bond acceptors (Lipinski definition) is 3. The SMILES string of the molecule is c1ccc2c(c1)nc1n2c2cc(-c3cccc4c3oc3ccccc34)cc3c2n1c1nc2ccccc2n31. The standard InChI is InChI=1S/C32H17N5O/c1-6-15-28-20(8-1)21-10-7-9-19(30(21)38-28)18-16-26-29-27(17-18)36-25-14-5-3-12-23(25)34-32(36)37(29)31-33-22-11-2-4-13-24(22)35(26)31/h1-17H. The molecule has 10 rings (SSSR count). The average molecular weight is 488 g/mol. The van der Waals surface area contributed by atoms with E-state index in [1.165, 1.54) is 0 Å². The lowest BCUT2D eigenvalue weighted by atomic mass is 10.0. The second kappa shape index (κ2) is 6.30. The molecule has 10 aromatic rings. The highest BCUT2D eigenvalue weighted by Gasteiger charge is 2.25. The van der Waals surface area contributed by atoms with Gasteiger partial charge in [-0.1, -0.05) is 60.7 Å². The van der Waals surface area contributed by atoms with Gasteiger partial charge in [0.05, 0.1) is 33.1 Å². The fraction of sp³-hybridized carbons (Fsp3) is 0. The van der Waals surface area contributed by atoms with Gasteiger partial charge >= 0.3 is 0 Å². The summed E-state index contributed by atoms with van der Waals surface area (Å²) in [7, 11) is 0. The maximum Gasteiger partial charge on any atom is 0.223 e. The zero-order valence-electron chi connectivity index (χ0n) is 20.0. The van der Waals surface area contributed by atoms with E-state index in [0.717, 1.165) is 83.2 Å². The largest absolute Gasteiger partial charge is 0.455 e. The molecule has 6 nitrogen and oxygen atoms in total. The second-order valence-corrected chi connectivity index (χ2v) is 9.95. The van der Waals surface area contributed by atoms with Crippen LogP contribution in [0, 0.1) is 0 Å². The highest BCUT2D eigenvalue weighted by molar-refractivity contribution is 6.12. The lowest BCUT2D eigenvalue weighted by molar-refractivity contribution is 0.670. The van der Waals surface area contributed by atoms with E-state index in [1.54, 1.807) is 0 Å². The van der Waals surface area contributed by atoms with E-state index < -0.39 is 0 Å². The number of furan rings is 1. The van der Waals surface area contributed by atoms with E-state index in [9.17, 15) is 0 Å². The smallest absolute Gasteiger partial charge is 0.223 e. The zero-order chi connectivity index (χ0) is 24.5. The number of benzene rings is 5. The van der Waals surface area contributed by atoms with Crippen molar-refractivity contribution in [3.63, 3.8) is 0 Å². The van der Waals surface area contributed by atoms with Gasteiger partial charge < -0.3 is 4.42 Å². The molecule has 0 amide bonds. The van der Waals surface area contributed by atoms with E-state index >= 15 is 0 Å². The first-order valence-corrected chi connectivity index (χ1v) is 12.7. The van der Waals surface area contributed by atoms with Crippen LogP contribution in [0.2, 0.25) is 0 Å². The van der Waals surface area contributed by atoms with Crippen LogP contribution in [-0.4, -0.2) is 23.2 Å². The Balaban J connectivity index is 1.45. The van der Waals surface area contributed by atoms with Crippen LogP contribution in [0.5, 0.6) is 0 Å². The van der Waals surface area contributed by atoms with Crippen LogP contribution in [0.3, 0.4) is 0 Å². The molecule has 176 valence electrons. The van der Waals surface area contributed by atoms with Crippen molar-refractivity contribution in [1.29, 1.82) is 0 Å². The summed E-state index contributed by atoms with van der Waals surface area (Å²) in [6.07, 6.45) is 0. The molecule has 6 heteroatoms. The Kier molecular flexibility index (Phi) is 3.13. The Bertz CT molecular complexity index is 2460. The van der Waals surface area contributed by atoms with Crippen molar-refractivity contribution in [2.24, 2.45) is 0 Å². The van der Waals surface area contributed by atoms with Crippen molar-refractivity contribution in [2.45, 2.75) is 0 Å². The normalized spacial score (nSPS) is 12.7. The van der Waals surface area contributed by atoms with Gasteiger partial charge in [0, 0.05) is 16.3 Å². The Labute approximate surface area is 213 Å². The summed E-state index contributed by atoms with van der Waals surface area (Å²) < 4.78 is 13.2. The molecule has 0 saturated heterocycles. The molecule has 38 heavy (non-hydrogen) atoms. The summed E-state index contributed by atoms with van der Waals surface area (Å²) in [4.78, 5) is 10.1. The van der Waals surface area contributed by atoms with Crippen LogP contribution >= 0.6 is 0 Å². The Morgan fingerprint density at radius 1 is 0.526 bits per heavy atom. The molecule has 0 atom stereocenters. The average Bonchev–Trinajstić information content (AvgIpc) is 3.74. The number of aromatic nitrogens is 5. The first-order valence-electron chi connectivity index (χ1n) is 12.7. The van der Waals surface area contributed by atoms with Crippen molar-refractivity contribution in [2.75, 3.05) is 0 Å². The van der Waals surface area contributed by atoms with E-state index in [-0.39, 0.29) is 0 Å². The van der Waals surface area contributed by atoms with Crippen molar-refractivity contribution in [3.05, 3.63) is 103 Å².